The molecular weight excluding hydrogens is 438 g/mol. The van der Waals surface area contributed by atoms with Gasteiger partial charge < -0.3 is 9.42 Å². The largest absolute Gasteiger partial charge is 0.364 e. The molecule has 1 N–H and O–H groups in total. The molecule has 2 amide bonds. The van der Waals surface area contributed by atoms with Crippen LogP contribution in [0.5, 0.6) is 0 Å². The molecule has 2 aromatic rings. The Bertz CT molecular complexity index is 1030. The van der Waals surface area contributed by atoms with Gasteiger partial charge >= 0.3 is 0 Å². The second-order valence-electron chi connectivity index (χ2n) is 6.53. The Balaban J connectivity index is 1.96. The number of nitrogens with one attached hydrogen (secondary N) is 1. The molecule has 144 valence electrons. The Morgan fingerprint density at radius 1 is 1.33 bits per heavy atom. The normalized spacial score (nSPS) is 13.7. The second kappa shape index (κ2) is 7.08. The zero-order valence-corrected chi connectivity index (χ0v) is 17.3. The van der Waals surface area contributed by atoms with Gasteiger partial charge in [-0.05, 0) is 46.0 Å². The van der Waals surface area contributed by atoms with Gasteiger partial charge in [0.05, 0.1) is 5.69 Å². The maximum absolute atomic E-state index is 12.8. The number of benzene rings is 1. The number of carbonyl (C=O) groups excluding carboxylic acids is 2. The first-order chi connectivity index (χ1) is 12.6. The van der Waals surface area contributed by atoms with Crippen molar-refractivity contribution < 1.29 is 22.5 Å². The molecule has 2 heterocycles. The van der Waals surface area contributed by atoms with E-state index < -0.39 is 15.9 Å². The van der Waals surface area contributed by atoms with E-state index in [0.717, 1.165) is 11.8 Å². The van der Waals surface area contributed by atoms with Crippen LogP contribution in [-0.4, -0.2) is 31.9 Å². The molecule has 1 aromatic heterocycles. The van der Waals surface area contributed by atoms with E-state index >= 15 is 0 Å². The topological polar surface area (TPSA) is 110 Å². The highest BCUT2D eigenvalue weighted by atomic mass is 79.9. The Morgan fingerprint density at radius 3 is 2.67 bits per heavy atom. The van der Waals surface area contributed by atoms with E-state index in [1.54, 1.807) is 6.07 Å². The summed E-state index contributed by atoms with van der Waals surface area (Å²) in [6, 6.07) is 3.07. The van der Waals surface area contributed by atoms with E-state index in [0.29, 0.717) is 28.8 Å². The molecule has 0 radical (unpaired) electrons. The molecule has 1 aromatic carbocycles. The second-order valence-corrected chi connectivity index (χ2v) is 9.04. The van der Waals surface area contributed by atoms with E-state index in [1.807, 2.05) is 18.6 Å². The molecule has 0 aliphatic carbocycles. The highest BCUT2D eigenvalue weighted by molar-refractivity contribution is 9.10. The average Bonchev–Trinajstić information content (AvgIpc) is 3.20. The van der Waals surface area contributed by atoms with Crippen molar-refractivity contribution in [2.45, 2.75) is 38.0 Å². The lowest BCUT2D eigenvalue weighted by Gasteiger charge is -2.16. The van der Waals surface area contributed by atoms with Crippen molar-refractivity contribution in [1.82, 2.24) is 9.88 Å². The molecular formula is C17H18BrN3O5S. The van der Waals surface area contributed by atoms with Crippen molar-refractivity contribution in [1.29, 1.82) is 0 Å². The maximum atomic E-state index is 12.8. The van der Waals surface area contributed by atoms with E-state index in [-0.39, 0.29) is 22.3 Å². The summed E-state index contributed by atoms with van der Waals surface area (Å²) < 4.78 is 32.8. The number of anilines is 1. The van der Waals surface area contributed by atoms with E-state index in [1.165, 1.54) is 17.9 Å². The molecule has 0 saturated carbocycles. The SMILES string of the molecule is CC(=O)N1CCc2cc(Br)c(S(=O)(=O)NC(=O)c3conc3C(C)C)cc21. The summed E-state index contributed by atoms with van der Waals surface area (Å²) in [5.74, 6) is -1.10. The number of carbonyl (C=O) groups is 2. The monoisotopic (exact) mass is 455 g/mol. The predicted octanol–water partition coefficient (Wildman–Crippen LogP) is 2.59. The van der Waals surface area contributed by atoms with Gasteiger partial charge in [-0.15, -0.1) is 0 Å². The van der Waals surface area contributed by atoms with Crippen LogP contribution in [0.25, 0.3) is 0 Å². The zero-order chi connectivity index (χ0) is 19.9. The number of amides is 2. The van der Waals surface area contributed by atoms with Crippen molar-refractivity contribution in [2.75, 3.05) is 11.4 Å². The van der Waals surface area contributed by atoms with Crippen molar-refractivity contribution >= 4 is 43.5 Å². The van der Waals surface area contributed by atoms with E-state index in [4.69, 9.17) is 4.52 Å². The Kier molecular flexibility index (Phi) is 5.13. The van der Waals surface area contributed by atoms with Gasteiger partial charge in [0.15, 0.2) is 0 Å². The molecule has 1 aliphatic heterocycles. The van der Waals surface area contributed by atoms with Crippen LogP contribution in [0.1, 0.15) is 48.3 Å². The van der Waals surface area contributed by atoms with Crippen molar-refractivity contribution in [3.05, 3.63) is 39.7 Å². The number of nitrogens with zero attached hydrogens (tertiary/aromatic N) is 2. The molecule has 0 atom stereocenters. The van der Waals surface area contributed by atoms with Gasteiger partial charge in [-0.1, -0.05) is 19.0 Å². The van der Waals surface area contributed by atoms with Crippen molar-refractivity contribution in [3.63, 3.8) is 0 Å². The van der Waals surface area contributed by atoms with Gasteiger partial charge in [0, 0.05) is 23.6 Å². The van der Waals surface area contributed by atoms with E-state index in [2.05, 4.69) is 21.1 Å². The number of fused-ring (bicyclic) bond motifs is 1. The zero-order valence-electron chi connectivity index (χ0n) is 14.9. The molecule has 3 rings (SSSR count). The fourth-order valence-corrected chi connectivity index (χ4v) is 5.06. The lowest BCUT2D eigenvalue weighted by atomic mass is 10.1. The molecule has 10 heteroatoms. The lowest BCUT2D eigenvalue weighted by molar-refractivity contribution is -0.116. The number of rotatable bonds is 4. The van der Waals surface area contributed by atoms with Crippen molar-refractivity contribution in [3.8, 4) is 0 Å². The Hall–Kier alpha value is -2.20. The minimum absolute atomic E-state index is 0.0659. The van der Waals surface area contributed by atoms with Crippen LogP contribution in [0.3, 0.4) is 0 Å². The molecule has 27 heavy (non-hydrogen) atoms. The number of hydrogen-bond donors (Lipinski definition) is 1. The lowest BCUT2D eigenvalue weighted by Crippen LogP contribution is -2.31. The van der Waals surface area contributed by atoms with Gasteiger partial charge in [-0.25, -0.2) is 13.1 Å². The number of hydrogen-bond acceptors (Lipinski definition) is 6. The summed E-state index contributed by atoms with van der Waals surface area (Å²) >= 11 is 3.25. The standard InChI is InChI=1S/C17H18BrN3O5S/c1-9(2)16-12(8-26-19-16)17(23)20-27(24,25)15-7-14-11(6-13(15)18)4-5-21(14)10(3)22/h6-9H,4-5H2,1-3H3,(H,20,23). The van der Waals surface area contributed by atoms with Crippen LogP contribution in [0, 0.1) is 0 Å². The van der Waals surface area contributed by atoms with Crippen LogP contribution >= 0.6 is 15.9 Å². The summed E-state index contributed by atoms with van der Waals surface area (Å²) in [6.07, 6.45) is 1.76. The summed E-state index contributed by atoms with van der Waals surface area (Å²) in [6.45, 7) is 5.55. The molecule has 1 aliphatic rings. The molecule has 0 unspecified atom stereocenters. The highest BCUT2D eigenvalue weighted by Gasteiger charge is 2.29. The molecule has 0 saturated heterocycles. The first kappa shape index (κ1) is 19.6. The van der Waals surface area contributed by atoms with Crippen LogP contribution in [0.15, 0.2) is 32.3 Å². The minimum Gasteiger partial charge on any atom is -0.364 e. The summed E-state index contributed by atoms with van der Waals surface area (Å²) in [7, 11) is -4.18. The Labute approximate surface area is 165 Å². The minimum atomic E-state index is -4.18. The molecule has 0 spiro atoms. The smallest absolute Gasteiger partial charge is 0.270 e. The highest BCUT2D eigenvalue weighted by Crippen LogP contribution is 2.35. The van der Waals surface area contributed by atoms with Gasteiger partial charge in [-0.3, -0.25) is 9.59 Å². The Morgan fingerprint density at radius 2 is 2.04 bits per heavy atom. The summed E-state index contributed by atoms with van der Waals surface area (Å²) in [5.41, 5.74) is 1.84. The molecule has 8 nitrogen and oxygen atoms in total. The summed E-state index contributed by atoms with van der Waals surface area (Å²) in [5, 5.41) is 3.75. The average molecular weight is 456 g/mol. The van der Waals surface area contributed by atoms with Crippen LogP contribution in [0.2, 0.25) is 0 Å². The van der Waals surface area contributed by atoms with Gasteiger partial charge in [-0.2, -0.15) is 0 Å². The third kappa shape index (κ3) is 3.63. The quantitative estimate of drug-likeness (QED) is 0.758. The van der Waals surface area contributed by atoms with Gasteiger partial charge in [0.1, 0.15) is 16.7 Å². The van der Waals surface area contributed by atoms with Crippen LogP contribution < -0.4 is 9.62 Å². The fourth-order valence-electron chi connectivity index (χ4n) is 2.98. The molecule has 0 fully saturated rings. The van der Waals surface area contributed by atoms with Gasteiger partial charge in [0.2, 0.25) is 5.91 Å². The fraction of sp³-hybridized carbons (Fsp3) is 0.353. The third-order valence-electron chi connectivity index (χ3n) is 4.31. The van der Waals surface area contributed by atoms with Crippen molar-refractivity contribution in [2.24, 2.45) is 0 Å². The first-order valence-electron chi connectivity index (χ1n) is 8.23. The number of aromatic nitrogens is 1. The van der Waals surface area contributed by atoms with Gasteiger partial charge in [0.25, 0.3) is 15.9 Å². The maximum Gasteiger partial charge on any atom is 0.270 e. The van der Waals surface area contributed by atoms with Crippen LogP contribution in [-0.2, 0) is 21.2 Å². The predicted molar refractivity (Wildman–Crippen MR) is 101 cm³/mol. The van der Waals surface area contributed by atoms with E-state index in [9.17, 15) is 18.0 Å². The molecule has 0 bridgehead atoms. The number of halogens is 1. The third-order valence-corrected chi connectivity index (χ3v) is 6.60. The number of sulfonamides is 1. The van der Waals surface area contributed by atoms with Crippen LogP contribution in [0.4, 0.5) is 5.69 Å². The summed E-state index contributed by atoms with van der Waals surface area (Å²) in [4.78, 5) is 25.6. The first-order valence-corrected chi connectivity index (χ1v) is 10.5.